The first-order valence-corrected chi connectivity index (χ1v) is 8.89. The Balaban J connectivity index is 2.29. The standard InChI is InChI=1S/C18H27Br/c1-4-13-10-15(5-2)18(16(6-3)11-13)17(19)12-14-8-7-9-14/h10-11,14,17H,4-9,12H2,1-3H3. The highest BCUT2D eigenvalue weighted by Crippen LogP contribution is 2.41. The minimum atomic E-state index is 0.564. The Morgan fingerprint density at radius 3 is 2.00 bits per heavy atom. The summed E-state index contributed by atoms with van der Waals surface area (Å²) in [5.41, 5.74) is 6.24. The molecule has 0 heterocycles. The fourth-order valence-corrected chi connectivity index (χ4v) is 4.30. The molecule has 2 rings (SSSR count). The molecule has 0 spiro atoms. The average Bonchev–Trinajstić information content (AvgIpc) is 2.40. The van der Waals surface area contributed by atoms with Crippen LogP contribution in [0.2, 0.25) is 0 Å². The Morgan fingerprint density at radius 2 is 1.63 bits per heavy atom. The molecule has 0 nitrogen and oxygen atoms in total. The molecule has 1 unspecified atom stereocenters. The summed E-state index contributed by atoms with van der Waals surface area (Å²) in [4.78, 5) is 0.564. The first-order chi connectivity index (χ1) is 9.19. The highest BCUT2D eigenvalue weighted by atomic mass is 79.9. The summed E-state index contributed by atoms with van der Waals surface area (Å²) in [6.45, 7) is 6.84. The number of rotatable bonds is 6. The lowest BCUT2D eigenvalue weighted by Gasteiger charge is -2.29. The van der Waals surface area contributed by atoms with Crippen molar-refractivity contribution >= 4 is 15.9 Å². The average molecular weight is 323 g/mol. The summed E-state index contributed by atoms with van der Waals surface area (Å²) in [6, 6.07) is 4.87. The lowest BCUT2D eigenvalue weighted by atomic mass is 9.80. The molecule has 1 aliphatic rings. The van der Waals surface area contributed by atoms with Crippen LogP contribution in [0.15, 0.2) is 12.1 Å². The van der Waals surface area contributed by atoms with Crippen LogP contribution in [0.3, 0.4) is 0 Å². The van der Waals surface area contributed by atoms with Crippen molar-refractivity contribution in [3.05, 3.63) is 34.4 Å². The van der Waals surface area contributed by atoms with E-state index < -0.39 is 0 Å². The number of benzene rings is 1. The number of halogens is 1. The summed E-state index contributed by atoms with van der Waals surface area (Å²) in [5.74, 6) is 0.963. The molecule has 0 saturated heterocycles. The topological polar surface area (TPSA) is 0 Å². The highest BCUT2D eigenvalue weighted by molar-refractivity contribution is 9.09. The third-order valence-electron chi connectivity index (χ3n) is 4.66. The lowest BCUT2D eigenvalue weighted by Crippen LogP contribution is -2.14. The minimum absolute atomic E-state index is 0.564. The van der Waals surface area contributed by atoms with Gasteiger partial charge in [-0.05, 0) is 53.9 Å². The summed E-state index contributed by atoms with van der Waals surface area (Å²) in [5, 5.41) is 0. The van der Waals surface area contributed by atoms with Crippen LogP contribution in [0.25, 0.3) is 0 Å². The van der Waals surface area contributed by atoms with Crippen LogP contribution in [-0.2, 0) is 19.3 Å². The summed E-state index contributed by atoms with van der Waals surface area (Å²) < 4.78 is 0. The van der Waals surface area contributed by atoms with Crippen LogP contribution < -0.4 is 0 Å². The van der Waals surface area contributed by atoms with Gasteiger partial charge in [-0.25, -0.2) is 0 Å². The highest BCUT2D eigenvalue weighted by Gasteiger charge is 2.24. The van der Waals surface area contributed by atoms with E-state index in [4.69, 9.17) is 0 Å². The first kappa shape index (κ1) is 15.1. The van der Waals surface area contributed by atoms with Crippen LogP contribution >= 0.6 is 15.9 Å². The third-order valence-corrected chi connectivity index (χ3v) is 5.49. The van der Waals surface area contributed by atoms with Gasteiger partial charge >= 0.3 is 0 Å². The van der Waals surface area contributed by atoms with Crippen molar-refractivity contribution in [1.82, 2.24) is 0 Å². The SMILES string of the molecule is CCc1cc(CC)c(C(Br)CC2CCC2)c(CC)c1. The summed E-state index contributed by atoms with van der Waals surface area (Å²) in [6.07, 6.45) is 9.11. The van der Waals surface area contributed by atoms with E-state index in [-0.39, 0.29) is 0 Å². The van der Waals surface area contributed by atoms with Crippen molar-refractivity contribution in [3.8, 4) is 0 Å². The van der Waals surface area contributed by atoms with Crippen LogP contribution in [-0.4, -0.2) is 0 Å². The van der Waals surface area contributed by atoms with E-state index in [1.165, 1.54) is 31.2 Å². The van der Waals surface area contributed by atoms with Gasteiger partial charge in [0.2, 0.25) is 0 Å². The van der Waals surface area contributed by atoms with Gasteiger partial charge in [-0.3, -0.25) is 0 Å². The molecular formula is C18H27Br. The normalized spacial score (nSPS) is 17.3. The van der Waals surface area contributed by atoms with Gasteiger partial charge in [0.05, 0.1) is 0 Å². The molecule has 19 heavy (non-hydrogen) atoms. The van der Waals surface area contributed by atoms with E-state index in [9.17, 15) is 0 Å². The molecule has 1 atom stereocenters. The van der Waals surface area contributed by atoms with Crippen molar-refractivity contribution in [2.24, 2.45) is 5.92 Å². The first-order valence-electron chi connectivity index (χ1n) is 7.98. The van der Waals surface area contributed by atoms with E-state index in [1.807, 2.05) is 0 Å². The molecule has 1 heteroatoms. The van der Waals surface area contributed by atoms with Gasteiger partial charge in [-0.15, -0.1) is 0 Å². The fraction of sp³-hybridized carbons (Fsp3) is 0.667. The van der Waals surface area contributed by atoms with E-state index in [1.54, 1.807) is 16.7 Å². The van der Waals surface area contributed by atoms with Crippen molar-refractivity contribution in [2.75, 3.05) is 0 Å². The molecule has 0 aromatic heterocycles. The Bertz CT molecular complexity index is 393. The number of hydrogen-bond donors (Lipinski definition) is 0. The van der Waals surface area contributed by atoms with Gasteiger partial charge in [0.1, 0.15) is 0 Å². The molecule has 106 valence electrons. The predicted molar refractivity (Wildman–Crippen MR) is 88.2 cm³/mol. The van der Waals surface area contributed by atoms with Gasteiger partial charge in [0.15, 0.2) is 0 Å². The molecule has 1 saturated carbocycles. The molecule has 0 aliphatic heterocycles. The Labute approximate surface area is 127 Å². The number of hydrogen-bond acceptors (Lipinski definition) is 0. The Morgan fingerprint density at radius 1 is 1.05 bits per heavy atom. The lowest BCUT2D eigenvalue weighted by molar-refractivity contribution is 0.295. The van der Waals surface area contributed by atoms with Crippen molar-refractivity contribution < 1.29 is 0 Å². The maximum atomic E-state index is 3.99. The van der Waals surface area contributed by atoms with E-state index in [0.29, 0.717) is 4.83 Å². The van der Waals surface area contributed by atoms with Gasteiger partial charge in [-0.1, -0.05) is 68.1 Å². The monoisotopic (exact) mass is 322 g/mol. The van der Waals surface area contributed by atoms with Crippen molar-refractivity contribution in [2.45, 2.75) is 70.5 Å². The minimum Gasteiger partial charge on any atom is -0.0838 e. The van der Waals surface area contributed by atoms with Crippen molar-refractivity contribution in [3.63, 3.8) is 0 Å². The zero-order valence-corrected chi connectivity index (χ0v) is 14.2. The molecule has 1 aromatic carbocycles. The summed E-state index contributed by atoms with van der Waals surface area (Å²) in [7, 11) is 0. The Kier molecular flexibility index (Phi) is 5.50. The smallest absolute Gasteiger partial charge is 0.0403 e. The summed E-state index contributed by atoms with van der Waals surface area (Å²) >= 11 is 3.99. The molecule has 0 N–H and O–H groups in total. The second-order valence-corrected chi connectivity index (χ2v) is 6.99. The second-order valence-electron chi connectivity index (χ2n) is 5.89. The molecule has 0 radical (unpaired) electrons. The van der Waals surface area contributed by atoms with Gasteiger partial charge in [0.25, 0.3) is 0 Å². The molecule has 1 aliphatic carbocycles. The quantitative estimate of drug-likeness (QED) is 0.563. The number of aryl methyl sites for hydroxylation is 3. The van der Waals surface area contributed by atoms with Gasteiger partial charge in [0, 0.05) is 4.83 Å². The second kappa shape index (κ2) is 6.92. The molecule has 0 amide bonds. The van der Waals surface area contributed by atoms with Crippen LogP contribution in [0.1, 0.15) is 73.5 Å². The van der Waals surface area contributed by atoms with E-state index in [2.05, 4.69) is 48.8 Å². The molecule has 0 bridgehead atoms. The van der Waals surface area contributed by atoms with Crippen LogP contribution in [0, 0.1) is 5.92 Å². The van der Waals surface area contributed by atoms with Gasteiger partial charge in [-0.2, -0.15) is 0 Å². The largest absolute Gasteiger partial charge is 0.0838 e. The number of alkyl halides is 1. The van der Waals surface area contributed by atoms with E-state index >= 15 is 0 Å². The molecule has 1 fully saturated rings. The molecular weight excluding hydrogens is 296 g/mol. The zero-order valence-electron chi connectivity index (χ0n) is 12.6. The third kappa shape index (κ3) is 3.42. The van der Waals surface area contributed by atoms with Gasteiger partial charge < -0.3 is 0 Å². The predicted octanol–water partition coefficient (Wildman–Crippen LogP) is 6.00. The molecule has 1 aromatic rings. The fourth-order valence-electron chi connectivity index (χ4n) is 3.18. The van der Waals surface area contributed by atoms with E-state index in [0.717, 1.165) is 25.2 Å². The zero-order chi connectivity index (χ0) is 13.8. The van der Waals surface area contributed by atoms with Crippen LogP contribution in [0.4, 0.5) is 0 Å². The van der Waals surface area contributed by atoms with Crippen LogP contribution in [0.5, 0.6) is 0 Å². The van der Waals surface area contributed by atoms with Crippen molar-refractivity contribution in [1.29, 1.82) is 0 Å². The maximum Gasteiger partial charge on any atom is 0.0403 e. The Hall–Kier alpha value is -0.300. The maximum absolute atomic E-state index is 3.99.